The van der Waals surface area contributed by atoms with Gasteiger partial charge in [-0.05, 0) is 18.2 Å². The molecule has 15 heavy (non-hydrogen) atoms. The molecule has 0 fully saturated rings. The minimum absolute atomic E-state index is 0.0673. The molecule has 0 atom stereocenters. The van der Waals surface area contributed by atoms with Gasteiger partial charge in [-0.3, -0.25) is 4.79 Å². The van der Waals surface area contributed by atoms with Gasteiger partial charge in [0.2, 0.25) is 5.91 Å². The Bertz CT molecular complexity index is 501. The summed E-state index contributed by atoms with van der Waals surface area (Å²) in [5.41, 5.74) is 0.371. The maximum Gasteiger partial charge on any atom is 0.261 e. The van der Waals surface area contributed by atoms with E-state index in [0.717, 1.165) is 0 Å². The van der Waals surface area contributed by atoms with Crippen molar-refractivity contribution in [2.45, 2.75) is 11.8 Å². The number of hydrogen-bond donors (Lipinski definition) is 1. The van der Waals surface area contributed by atoms with Crippen molar-refractivity contribution >= 4 is 47.3 Å². The molecule has 0 radical (unpaired) electrons. The average molecular weight is 313 g/mol. The SMILES string of the molecule is CC(=O)Nc1cc(Br)cc(S(=O)(=O)Cl)c1. The zero-order valence-corrected chi connectivity index (χ0v) is 10.8. The molecule has 0 saturated carbocycles. The second kappa shape index (κ2) is 4.51. The molecule has 1 aromatic carbocycles. The third-order valence-electron chi connectivity index (χ3n) is 1.47. The first-order valence-electron chi connectivity index (χ1n) is 3.82. The summed E-state index contributed by atoms with van der Waals surface area (Å²) >= 11 is 3.12. The highest BCUT2D eigenvalue weighted by Gasteiger charge is 2.12. The highest BCUT2D eigenvalue weighted by atomic mass is 79.9. The van der Waals surface area contributed by atoms with E-state index in [2.05, 4.69) is 21.2 Å². The van der Waals surface area contributed by atoms with Crippen LogP contribution in [0.3, 0.4) is 0 Å². The standard InChI is InChI=1S/C8H7BrClNO3S/c1-5(12)11-7-2-6(9)3-8(4-7)15(10,13)14/h2-4H,1H3,(H,11,12). The maximum atomic E-state index is 11.1. The molecule has 0 bridgehead atoms. The minimum Gasteiger partial charge on any atom is -0.326 e. The number of nitrogens with one attached hydrogen (secondary N) is 1. The van der Waals surface area contributed by atoms with Gasteiger partial charge in [0.1, 0.15) is 0 Å². The third-order valence-corrected chi connectivity index (χ3v) is 3.26. The van der Waals surface area contributed by atoms with Gasteiger partial charge in [-0.2, -0.15) is 0 Å². The molecular weight excluding hydrogens is 306 g/mol. The van der Waals surface area contributed by atoms with E-state index in [4.69, 9.17) is 10.7 Å². The van der Waals surface area contributed by atoms with Gasteiger partial charge in [-0.15, -0.1) is 0 Å². The molecule has 0 heterocycles. The second-order valence-corrected chi connectivity index (χ2v) is 6.28. The third kappa shape index (κ3) is 3.81. The van der Waals surface area contributed by atoms with Gasteiger partial charge >= 0.3 is 0 Å². The fourth-order valence-electron chi connectivity index (χ4n) is 0.979. The number of halogens is 2. The number of benzene rings is 1. The van der Waals surface area contributed by atoms with Crippen LogP contribution in [0.15, 0.2) is 27.6 Å². The molecule has 0 spiro atoms. The number of carbonyl (C=O) groups is 1. The molecule has 0 aliphatic heterocycles. The van der Waals surface area contributed by atoms with Gasteiger partial charge in [0.05, 0.1) is 4.90 Å². The van der Waals surface area contributed by atoms with Crippen LogP contribution in [0.5, 0.6) is 0 Å². The summed E-state index contributed by atoms with van der Waals surface area (Å²) in [4.78, 5) is 10.7. The number of carbonyl (C=O) groups excluding carboxylic acids is 1. The summed E-state index contributed by atoms with van der Waals surface area (Å²) in [6.07, 6.45) is 0. The number of hydrogen-bond acceptors (Lipinski definition) is 3. The van der Waals surface area contributed by atoms with E-state index >= 15 is 0 Å². The quantitative estimate of drug-likeness (QED) is 0.853. The Balaban J connectivity index is 3.23. The fourth-order valence-corrected chi connectivity index (χ4v) is 2.43. The van der Waals surface area contributed by atoms with Crippen molar-refractivity contribution in [3.8, 4) is 0 Å². The van der Waals surface area contributed by atoms with E-state index < -0.39 is 9.05 Å². The zero-order valence-electron chi connectivity index (χ0n) is 7.62. The van der Waals surface area contributed by atoms with E-state index in [0.29, 0.717) is 10.2 Å². The summed E-state index contributed by atoms with van der Waals surface area (Å²) in [6, 6.07) is 4.22. The first-order valence-corrected chi connectivity index (χ1v) is 6.92. The maximum absolute atomic E-state index is 11.1. The lowest BCUT2D eigenvalue weighted by atomic mass is 10.3. The average Bonchev–Trinajstić information content (AvgIpc) is 1.99. The molecule has 1 N–H and O–H groups in total. The molecule has 4 nitrogen and oxygen atoms in total. The molecule has 0 aliphatic rings. The van der Waals surface area contributed by atoms with Crippen molar-refractivity contribution in [1.82, 2.24) is 0 Å². The fraction of sp³-hybridized carbons (Fsp3) is 0.125. The van der Waals surface area contributed by atoms with Crippen LogP contribution in [0.4, 0.5) is 5.69 Å². The van der Waals surface area contributed by atoms with Crippen LogP contribution in [0.2, 0.25) is 0 Å². The molecule has 0 saturated heterocycles. The van der Waals surface area contributed by atoms with Crippen molar-refractivity contribution in [3.05, 3.63) is 22.7 Å². The van der Waals surface area contributed by atoms with Gasteiger partial charge in [0.15, 0.2) is 0 Å². The lowest BCUT2D eigenvalue weighted by Gasteiger charge is -2.04. The number of amides is 1. The lowest BCUT2D eigenvalue weighted by Crippen LogP contribution is -2.06. The molecule has 0 aliphatic carbocycles. The van der Waals surface area contributed by atoms with Crippen LogP contribution >= 0.6 is 26.6 Å². The van der Waals surface area contributed by atoms with E-state index in [9.17, 15) is 13.2 Å². The zero-order chi connectivity index (χ0) is 11.6. The van der Waals surface area contributed by atoms with E-state index in [-0.39, 0.29) is 10.8 Å². The van der Waals surface area contributed by atoms with Crippen molar-refractivity contribution in [2.75, 3.05) is 5.32 Å². The predicted molar refractivity (Wildman–Crippen MR) is 61.5 cm³/mol. The molecule has 1 amide bonds. The first kappa shape index (κ1) is 12.5. The topological polar surface area (TPSA) is 63.2 Å². The number of anilines is 1. The second-order valence-electron chi connectivity index (χ2n) is 2.79. The van der Waals surface area contributed by atoms with Crippen LogP contribution in [0.1, 0.15) is 6.92 Å². The predicted octanol–water partition coefficient (Wildman–Crippen LogP) is 2.33. The highest BCUT2D eigenvalue weighted by Crippen LogP contribution is 2.24. The smallest absolute Gasteiger partial charge is 0.261 e. The summed E-state index contributed by atoms with van der Waals surface area (Å²) in [5, 5.41) is 2.47. The van der Waals surface area contributed by atoms with Gasteiger partial charge in [-0.25, -0.2) is 8.42 Å². The van der Waals surface area contributed by atoms with Crippen LogP contribution in [0.25, 0.3) is 0 Å². The van der Waals surface area contributed by atoms with Crippen molar-refractivity contribution in [3.63, 3.8) is 0 Å². The van der Waals surface area contributed by atoms with Gasteiger partial charge < -0.3 is 5.32 Å². The summed E-state index contributed by atoms with van der Waals surface area (Å²) in [5.74, 6) is -0.286. The van der Waals surface area contributed by atoms with Crippen LogP contribution < -0.4 is 5.32 Å². The number of rotatable bonds is 2. The minimum atomic E-state index is -3.79. The normalized spacial score (nSPS) is 11.1. The first-order chi connectivity index (χ1) is 6.79. The van der Waals surface area contributed by atoms with Crippen molar-refractivity contribution < 1.29 is 13.2 Å². The van der Waals surface area contributed by atoms with Gasteiger partial charge in [-0.1, -0.05) is 15.9 Å². The van der Waals surface area contributed by atoms with Gasteiger partial charge in [0, 0.05) is 27.8 Å². The summed E-state index contributed by atoms with van der Waals surface area (Å²) in [7, 11) is 1.39. The molecule has 0 aromatic heterocycles. The Morgan fingerprint density at radius 1 is 1.40 bits per heavy atom. The van der Waals surface area contributed by atoms with E-state index in [1.54, 1.807) is 6.07 Å². The summed E-state index contributed by atoms with van der Waals surface area (Å²) < 4.78 is 22.6. The highest BCUT2D eigenvalue weighted by molar-refractivity contribution is 9.10. The molecule has 82 valence electrons. The summed E-state index contributed by atoms with van der Waals surface area (Å²) in [6.45, 7) is 1.33. The van der Waals surface area contributed by atoms with Crippen LogP contribution in [0, 0.1) is 0 Å². The molecule has 1 rings (SSSR count). The van der Waals surface area contributed by atoms with Crippen molar-refractivity contribution in [2.24, 2.45) is 0 Å². The largest absolute Gasteiger partial charge is 0.326 e. The van der Waals surface area contributed by atoms with Crippen LogP contribution in [-0.2, 0) is 13.8 Å². The molecule has 1 aromatic rings. The Labute approximate surface area is 100 Å². The molecule has 0 unspecified atom stereocenters. The van der Waals surface area contributed by atoms with Gasteiger partial charge in [0.25, 0.3) is 9.05 Å². The Morgan fingerprint density at radius 3 is 2.47 bits per heavy atom. The van der Waals surface area contributed by atoms with Crippen LogP contribution in [-0.4, -0.2) is 14.3 Å². The van der Waals surface area contributed by atoms with E-state index in [1.807, 2.05) is 0 Å². The Morgan fingerprint density at radius 2 is 2.00 bits per heavy atom. The van der Waals surface area contributed by atoms with E-state index in [1.165, 1.54) is 19.1 Å². The van der Waals surface area contributed by atoms with Crippen molar-refractivity contribution in [1.29, 1.82) is 0 Å². The Kier molecular flexibility index (Phi) is 3.75. The monoisotopic (exact) mass is 311 g/mol. The molecule has 7 heteroatoms. The lowest BCUT2D eigenvalue weighted by molar-refractivity contribution is -0.114. The molecular formula is C8H7BrClNO3S. The Hall–Kier alpha value is -0.590.